The van der Waals surface area contributed by atoms with E-state index in [4.69, 9.17) is 43.1 Å². The third-order valence-corrected chi connectivity index (χ3v) is 12.8. The highest BCUT2D eigenvalue weighted by molar-refractivity contribution is 6.32. The van der Waals surface area contributed by atoms with E-state index in [2.05, 4.69) is 48.7 Å². The quantitative estimate of drug-likeness (QED) is 0.0868. The van der Waals surface area contributed by atoms with Gasteiger partial charge in [0.2, 0.25) is 0 Å². The fourth-order valence-corrected chi connectivity index (χ4v) is 9.20. The zero-order valence-corrected chi connectivity index (χ0v) is 34.9. The van der Waals surface area contributed by atoms with Crippen molar-refractivity contribution in [2.75, 3.05) is 11.5 Å². The number of para-hydroxylation sites is 1. The number of amides is 1. The van der Waals surface area contributed by atoms with E-state index in [-0.39, 0.29) is 11.9 Å². The summed E-state index contributed by atoms with van der Waals surface area (Å²) in [5.41, 5.74) is 12.4. The SMILES string of the molecule is Cc1cc(OCCCc2c3n(c4c(-c5c(C)nn(C)c5C)cccc24)C(C)[C@@H](Cl)N(c2cn(C)c4ccc(-c5nc6c(C)cccn6n5)cc24)C3=O)cc(C)c1Cl. The van der Waals surface area contributed by atoms with Gasteiger partial charge < -0.3 is 13.9 Å². The number of fused-ring (bicyclic) bond motifs is 5. The Kier molecular flexibility index (Phi) is 8.97. The van der Waals surface area contributed by atoms with E-state index in [1.807, 2.05) is 93.8 Å². The molecule has 1 amide bonds. The molecule has 3 aromatic carbocycles. The van der Waals surface area contributed by atoms with Gasteiger partial charge in [-0.05, 0) is 113 Å². The summed E-state index contributed by atoms with van der Waals surface area (Å²) in [6.45, 7) is 12.7. The Morgan fingerprint density at radius 2 is 1.67 bits per heavy atom. The van der Waals surface area contributed by atoms with Crippen LogP contribution in [0.2, 0.25) is 5.02 Å². The van der Waals surface area contributed by atoms with E-state index in [1.54, 1.807) is 9.42 Å². The second-order valence-corrected chi connectivity index (χ2v) is 16.3. The molecule has 2 atom stereocenters. The number of rotatable bonds is 8. The molecule has 0 bridgehead atoms. The van der Waals surface area contributed by atoms with E-state index < -0.39 is 5.50 Å². The molecule has 0 saturated carbocycles. The molecule has 0 N–H and O–H groups in total. The Bertz CT molecular complexity index is 2910. The van der Waals surface area contributed by atoms with Crippen LogP contribution in [0.15, 0.2) is 73.1 Å². The van der Waals surface area contributed by atoms with Crippen LogP contribution >= 0.6 is 23.2 Å². The van der Waals surface area contributed by atoms with Crippen LogP contribution in [-0.4, -0.2) is 51.5 Å². The molecule has 10 nitrogen and oxygen atoms in total. The first kappa shape index (κ1) is 37.0. The minimum absolute atomic E-state index is 0.144. The van der Waals surface area contributed by atoms with E-state index in [9.17, 15) is 0 Å². The summed E-state index contributed by atoms with van der Waals surface area (Å²) in [6.07, 6.45) is 5.22. The zero-order chi connectivity index (χ0) is 40.0. The average Bonchev–Trinajstić information content (AvgIpc) is 3.93. The molecule has 6 heterocycles. The molecule has 0 fully saturated rings. The largest absolute Gasteiger partial charge is 0.494 e. The molecule has 12 heteroatoms. The molecule has 9 rings (SSSR count). The van der Waals surface area contributed by atoms with Gasteiger partial charge >= 0.3 is 0 Å². The Morgan fingerprint density at radius 1 is 0.895 bits per heavy atom. The summed E-state index contributed by atoms with van der Waals surface area (Å²) in [6, 6.07) is 20.2. The molecule has 0 aliphatic carbocycles. The van der Waals surface area contributed by atoms with Gasteiger partial charge in [-0.3, -0.25) is 14.4 Å². The van der Waals surface area contributed by atoms with E-state index >= 15 is 4.79 Å². The second-order valence-electron chi connectivity index (χ2n) is 15.4. The first-order valence-electron chi connectivity index (χ1n) is 19.3. The molecule has 1 aliphatic heterocycles. The number of pyridine rings is 1. The highest BCUT2D eigenvalue weighted by atomic mass is 35.5. The lowest BCUT2D eigenvalue weighted by Gasteiger charge is -2.38. The molecule has 8 aromatic rings. The summed E-state index contributed by atoms with van der Waals surface area (Å²) in [5, 5.41) is 12.2. The number of anilines is 1. The predicted molar refractivity (Wildman–Crippen MR) is 229 cm³/mol. The van der Waals surface area contributed by atoms with Crippen molar-refractivity contribution in [1.82, 2.24) is 33.5 Å². The minimum atomic E-state index is -0.692. The van der Waals surface area contributed by atoms with Crippen molar-refractivity contribution < 1.29 is 9.53 Å². The summed E-state index contributed by atoms with van der Waals surface area (Å²) >= 11 is 14.0. The van der Waals surface area contributed by atoms with E-state index in [0.29, 0.717) is 31.0 Å². The first-order valence-corrected chi connectivity index (χ1v) is 20.1. The molecule has 290 valence electrons. The van der Waals surface area contributed by atoms with Gasteiger partial charge in [-0.15, -0.1) is 5.10 Å². The fourth-order valence-electron chi connectivity index (χ4n) is 8.79. The molecule has 57 heavy (non-hydrogen) atoms. The van der Waals surface area contributed by atoms with Crippen molar-refractivity contribution in [3.8, 4) is 28.3 Å². The van der Waals surface area contributed by atoms with Gasteiger partial charge in [-0.25, -0.2) is 9.50 Å². The van der Waals surface area contributed by atoms with Crippen molar-refractivity contribution in [3.63, 3.8) is 0 Å². The predicted octanol–water partition coefficient (Wildman–Crippen LogP) is 10.2. The Morgan fingerprint density at radius 3 is 2.39 bits per heavy atom. The van der Waals surface area contributed by atoms with Gasteiger partial charge in [0, 0.05) is 70.2 Å². The molecule has 5 aromatic heterocycles. The number of ether oxygens (including phenoxy) is 1. The number of aromatic nitrogens is 7. The highest BCUT2D eigenvalue weighted by Gasteiger charge is 2.42. The van der Waals surface area contributed by atoms with E-state index in [1.165, 1.54) is 0 Å². The number of halogens is 2. The van der Waals surface area contributed by atoms with Crippen molar-refractivity contribution >= 4 is 62.2 Å². The number of nitrogens with zero attached hydrogens (tertiary/aromatic N) is 8. The molecular formula is C45H44Cl2N8O2. The Balaban J connectivity index is 1.17. The number of hydrogen-bond donors (Lipinski definition) is 0. The van der Waals surface area contributed by atoms with Gasteiger partial charge in [0.1, 0.15) is 16.9 Å². The first-order chi connectivity index (χ1) is 27.3. The molecule has 0 saturated heterocycles. The number of carbonyl (C=O) groups excluding carboxylic acids is 1. The third-order valence-electron chi connectivity index (χ3n) is 11.7. The normalized spacial score (nSPS) is 15.8. The lowest BCUT2D eigenvalue weighted by atomic mass is 9.98. The topological polar surface area (TPSA) is 87.4 Å². The number of benzene rings is 3. The number of alkyl halides is 1. The Labute approximate surface area is 341 Å². The number of aryl methyl sites for hydroxylation is 7. The summed E-state index contributed by atoms with van der Waals surface area (Å²) in [5.74, 6) is 1.26. The third kappa shape index (κ3) is 5.83. The van der Waals surface area contributed by atoms with Gasteiger partial charge in [-0.1, -0.05) is 47.5 Å². The molecule has 0 spiro atoms. The van der Waals surface area contributed by atoms with Crippen LogP contribution < -0.4 is 9.64 Å². The fraction of sp³-hybridized carbons (Fsp3) is 0.289. The summed E-state index contributed by atoms with van der Waals surface area (Å²) < 4.78 is 14.2. The van der Waals surface area contributed by atoms with Crippen molar-refractivity contribution in [1.29, 1.82) is 0 Å². The van der Waals surface area contributed by atoms with E-state index in [0.717, 1.165) is 94.2 Å². The van der Waals surface area contributed by atoms with Gasteiger partial charge in [0.15, 0.2) is 11.5 Å². The summed E-state index contributed by atoms with van der Waals surface area (Å²) in [4.78, 5) is 22.1. The standard InChI is InChI=1S/C45H44Cl2N8O2/c1-24-12-10-18-53-44(24)48-43(50-53)30-16-17-36-35(22-30)37(23-51(36)7)55-42(47)29(6)54-40-32(13-9-14-34(40)38-27(4)49-52(8)28(38)5)33(41(54)45(55)56)15-11-19-57-31-20-25(2)39(46)26(3)21-31/h9-10,12-14,16-18,20-23,29,42H,11,15,19H2,1-8H3/t29?,42-/m0/s1. The lowest BCUT2D eigenvalue weighted by molar-refractivity contribution is 0.0951. The molecule has 1 aliphatic rings. The smallest absolute Gasteiger partial charge is 0.276 e. The summed E-state index contributed by atoms with van der Waals surface area (Å²) in [7, 11) is 3.96. The van der Waals surface area contributed by atoms with Crippen LogP contribution in [0, 0.1) is 34.6 Å². The maximum atomic E-state index is 15.4. The van der Waals surface area contributed by atoms with Gasteiger partial charge in [0.05, 0.1) is 29.5 Å². The van der Waals surface area contributed by atoms with Crippen LogP contribution in [-0.2, 0) is 20.5 Å². The number of hydrogen-bond acceptors (Lipinski definition) is 5. The maximum Gasteiger partial charge on any atom is 0.276 e. The van der Waals surface area contributed by atoms with Crippen LogP contribution in [0.4, 0.5) is 5.69 Å². The molecular weight excluding hydrogens is 755 g/mol. The minimum Gasteiger partial charge on any atom is -0.494 e. The maximum absolute atomic E-state index is 15.4. The van der Waals surface area contributed by atoms with Gasteiger partial charge in [-0.2, -0.15) is 5.10 Å². The van der Waals surface area contributed by atoms with Crippen LogP contribution in [0.5, 0.6) is 5.75 Å². The van der Waals surface area contributed by atoms with Crippen LogP contribution in [0.3, 0.4) is 0 Å². The van der Waals surface area contributed by atoms with Crippen LogP contribution in [0.1, 0.15) is 63.5 Å². The monoisotopic (exact) mass is 798 g/mol. The molecule has 0 radical (unpaired) electrons. The highest BCUT2D eigenvalue weighted by Crippen LogP contribution is 2.46. The van der Waals surface area contributed by atoms with Crippen molar-refractivity contribution in [2.24, 2.45) is 14.1 Å². The van der Waals surface area contributed by atoms with Gasteiger partial charge in [0.25, 0.3) is 5.91 Å². The Hall–Kier alpha value is -5.58. The molecule has 1 unspecified atom stereocenters. The number of carbonyl (C=O) groups is 1. The van der Waals surface area contributed by atoms with Crippen molar-refractivity contribution in [3.05, 3.63) is 117 Å². The van der Waals surface area contributed by atoms with Crippen molar-refractivity contribution in [2.45, 2.75) is 65.9 Å². The zero-order valence-electron chi connectivity index (χ0n) is 33.4. The lowest BCUT2D eigenvalue weighted by Crippen LogP contribution is -2.47. The van der Waals surface area contributed by atoms with Crippen LogP contribution in [0.25, 0.3) is 50.0 Å². The average molecular weight is 800 g/mol. The second kappa shape index (κ2) is 13.8.